The molecule has 5 heteroatoms. The molecule has 0 aliphatic carbocycles. The Morgan fingerprint density at radius 2 is 2.05 bits per heavy atom. The van der Waals surface area contributed by atoms with E-state index in [4.69, 9.17) is 10.5 Å². The van der Waals surface area contributed by atoms with Crippen molar-refractivity contribution in [2.45, 2.75) is 6.92 Å². The average molecular weight is 335 g/mol. The largest absolute Gasteiger partial charge is 0.495 e. The molecular formula is C15H15BrN2O2. The van der Waals surface area contributed by atoms with Gasteiger partial charge >= 0.3 is 0 Å². The van der Waals surface area contributed by atoms with Gasteiger partial charge in [-0.25, -0.2) is 0 Å². The van der Waals surface area contributed by atoms with E-state index in [1.807, 2.05) is 25.1 Å². The number of benzene rings is 2. The second kappa shape index (κ2) is 5.96. The minimum absolute atomic E-state index is 0.243. The molecular weight excluding hydrogens is 320 g/mol. The Balaban J connectivity index is 2.32. The second-order valence-corrected chi connectivity index (χ2v) is 5.16. The van der Waals surface area contributed by atoms with E-state index in [0.29, 0.717) is 27.2 Å². The van der Waals surface area contributed by atoms with Gasteiger partial charge in [-0.05, 0) is 52.7 Å². The lowest BCUT2D eigenvalue weighted by atomic mass is 10.1. The van der Waals surface area contributed by atoms with Crippen molar-refractivity contribution in [2.24, 2.45) is 0 Å². The van der Waals surface area contributed by atoms with E-state index in [0.717, 1.165) is 5.56 Å². The molecule has 0 radical (unpaired) electrons. The molecule has 2 rings (SSSR count). The van der Waals surface area contributed by atoms with E-state index in [2.05, 4.69) is 21.2 Å². The fourth-order valence-electron chi connectivity index (χ4n) is 1.83. The summed E-state index contributed by atoms with van der Waals surface area (Å²) in [5.41, 5.74) is 8.45. The van der Waals surface area contributed by atoms with Crippen molar-refractivity contribution < 1.29 is 9.53 Å². The number of carbonyl (C=O) groups excluding carboxylic acids is 1. The first-order valence-electron chi connectivity index (χ1n) is 6.03. The van der Waals surface area contributed by atoms with Gasteiger partial charge in [-0.2, -0.15) is 0 Å². The van der Waals surface area contributed by atoms with Crippen LogP contribution in [0.25, 0.3) is 0 Å². The van der Waals surface area contributed by atoms with Crippen molar-refractivity contribution in [2.75, 3.05) is 18.2 Å². The first kappa shape index (κ1) is 14.4. The smallest absolute Gasteiger partial charge is 0.256 e. The van der Waals surface area contributed by atoms with E-state index in [9.17, 15) is 4.79 Å². The third-order valence-corrected chi connectivity index (χ3v) is 3.76. The Hall–Kier alpha value is -2.01. The average Bonchev–Trinajstić information content (AvgIpc) is 2.42. The number of amides is 1. The van der Waals surface area contributed by atoms with Gasteiger partial charge in [-0.15, -0.1) is 0 Å². The third kappa shape index (κ3) is 2.93. The molecule has 104 valence electrons. The molecule has 4 nitrogen and oxygen atoms in total. The Morgan fingerprint density at radius 1 is 1.30 bits per heavy atom. The van der Waals surface area contributed by atoms with Crippen LogP contribution in [0.4, 0.5) is 11.4 Å². The summed E-state index contributed by atoms with van der Waals surface area (Å²) in [5, 5.41) is 2.84. The first-order valence-corrected chi connectivity index (χ1v) is 6.82. The first-order chi connectivity index (χ1) is 9.52. The topological polar surface area (TPSA) is 64.3 Å². The van der Waals surface area contributed by atoms with Gasteiger partial charge in [0.05, 0.1) is 22.8 Å². The van der Waals surface area contributed by atoms with Crippen LogP contribution in [-0.2, 0) is 0 Å². The molecule has 20 heavy (non-hydrogen) atoms. The SMILES string of the molecule is COc1ccc(C)cc1NC(=O)c1cccc(N)c1Br. The van der Waals surface area contributed by atoms with Crippen molar-refractivity contribution in [3.8, 4) is 5.75 Å². The molecule has 0 heterocycles. The van der Waals surface area contributed by atoms with Crippen LogP contribution in [0.1, 0.15) is 15.9 Å². The number of hydrogen-bond acceptors (Lipinski definition) is 3. The Kier molecular flexibility index (Phi) is 4.29. The number of anilines is 2. The minimum atomic E-state index is -0.243. The van der Waals surface area contributed by atoms with E-state index in [-0.39, 0.29) is 5.91 Å². The molecule has 0 bridgehead atoms. The van der Waals surface area contributed by atoms with Crippen molar-refractivity contribution in [3.05, 3.63) is 52.0 Å². The maximum Gasteiger partial charge on any atom is 0.256 e. The summed E-state index contributed by atoms with van der Waals surface area (Å²) in [4.78, 5) is 12.3. The van der Waals surface area contributed by atoms with E-state index < -0.39 is 0 Å². The van der Waals surface area contributed by atoms with Crippen molar-refractivity contribution in [1.29, 1.82) is 0 Å². The van der Waals surface area contributed by atoms with Gasteiger partial charge in [-0.1, -0.05) is 12.1 Å². The number of halogens is 1. The van der Waals surface area contributed by atoms with E-state index in [1.54, 1.807) is 25.3 Å². The number of nitrogens with one attached hydrogen (secondary N) is 1. The molecule has 3 N–H and O–H groups in total. The quantitative estimate of drug-likeness (QED) is 0.843. The van der Waals surface area contributed by atoms with Crippen LogP contribution in [0, 0.1) is 6.92 Å². The molecule has 0 aliphatic heterocycles. The highest BCUT2D eigenvalue weighted by Gasteiger charge is 2.14. The predicted octanol–water partition coefficient (Wildman–Crippen LogP) is 3.60. The molecule has 0 aliphatic rings. The highest BCUT2D eigenvalue weighted by atomic mass is 79.9. The molecule has 1 amide bonds. The number of carbonyl (C=O) groups is 1. The molecule has 0 fully saturated rings. The van der Waals surface area contributed by atoms with Crippen LogP contribution in [0.3, 0.4) is 0 Å². The van der Waals surface area contributed by atoms with Gasteiger partial charge in [0.1, 0.15) is 5.75 Å². The van der Waals surface area contributed by atoms with Crippen LogP contribution in [0.2, 0.25) is 0 Å². The standard InChI is InChI=1S/C15H15BrN2O2/c1-9-6-7-13(20-2)12(8-9)18-15(19)10-4-3-5-11(17)14(10)16/h3-8H,17H2,1-2H3,(H,18,19). The summed E-state index contributed by atoms with van der Waals surface area (Å²) in [7, 11) is 1.57. The molecule has 2 aromatic carbocycles. The van der Waals surface area contributed by atoms with Crippen molar-refractivity contribution >= 4 is 33.2 Å². The van der Waals surface area contributed by atoms with Gasteiger partial charge in [0.2, 0.25) is 0 Å². The number of methoxy groups -OCH3 is 1. The maximum atomic E-state index is 12.3. The highest BCUT2D eigenvalue weighted by molar-refractivity contribution is 9.10. The number of ether oxygens (including phenoxy) is 1. The zero-order valence-electron chi connectivity index (χ0n) is 11.2. The number of rotatable bonds is 3. The fourth-order valence-corrected chi connectivity index (χ4v) is 2.28. The van der Waals surface area contributed by atoms with Gasteiger partial charge in [0, 0.05) is 5.69 Å². The Morgan fingerprint density at radius 3 is 2.75 bits per heavy atom. The van der Waals surface area contributed by atoms with Crippen molar-refractivity contribution in [1.82, 2.24) is 0 Å². The number of nitrogens with two attached hydrogens (primary N) is 1. The van der Waals surface area contributed by atoms with Crippen LogP contribution in [0.15, 0.2) is 40.9 Å². The number of hydrogen-bond donors (Lipinski definition) is 2. The monoisotopic (exact) mass is 334 g/mol. The Bertz CT molecular complexity index is 656. The number of aryl methyl sites for hydroxylation is 1. The summed E-state index contributed by atoms with van der Waals surface area (Å²) >= 11 is 3.33. The van der Waals surface area contributed by atoms with Crippen LogP contribution >= 0.6 is 15.9 Å². The molecule has 2 aromatic rings. The molecule has 0 atom stereocenters. The van der Waals surface area contributed by atoms with Gasteiger partial charge in [0.25, 0.3) is 5.91 Å². The number of nitrogen functional groups attached to an aromatic ring is 1. The summed E-state index contributed by atoms with van der Waals surface area (Å²) in [6, 6.07) is 10.8. The maximum absolute atomic E-state index is 12.3. The van der Waals surface area contributed by atoms with Crippen LogP contribution in [-0.4, -0.2) is 13.0 Å². The molecule has 0 unspecified atom stereocenters. The summed E-state index contributed by atoms with van der Waals surface area (Å²) < 4.78 is 5.83. The van der Waals surface area contributed by atoms with Crippen LogP contribution in [0.5, 0.6) is 5.75 Å². The summed E-state index contributed by atoms with van der Waals surface area (Å²) in [5.74, 6) is 0.372. The minimum Gasteiger partial charge on any atom is -0.495 e. The summed E-state index contributed by atoms with van der Waals surface area (Å²) in [6.07, 6.45) is 0. The summed E-state index contributed by atoms with van der Waals surface area (Å²) in [6.45, 7) is 1.95. The van der Waals surface area contributed by atoms with Gasteiger partial charge in [-0.3, -0.25) is 4.79 Å². The highest BCUT2D eigenvalue weighted by Crippen LogP contribution is 2.28. The second-order valence-electron chi connectivity index (χ2n) is 4.37. The lowest BCUT2D eigenvalue weighted by Gasteiger charge is -2.12. The molecule has 0 saturated carbocycles. The molecule has 0 aromatic heterocycles. The zero-order chi connectivity index (χ0) is 14.7. The van der Waals surface area contributed by atoms with E-state index in [1.165, 1.54) is 0 Å². The molecule has 0 spiro atoms. The lowest BCUT2D eigenvalue weighted by molar-refractivity contribution is 0.102. The van der Waals surface area contributed by atoms with Crippen LogP contribution < -0.4 is 15.8 Å². The molecule has 0 saturated heterocycles. The van der Waals surface area contributed by atoms with Gasteiger partial charge < -0.3 is 15.8 Å². The van der Waals surface area contributed by atoms with E-state index >= 15 is 0 Å². The zero-order valence-corrected chi connectivity index (χ0v) is 12.8. The van der Waals surface area contributed by atoms with Gasteiger partial charge in [0.15, 0.2) is 0 Å². The Labute approximate surface area is 126 Å². The fraction of sp³-hybridized carbons (Fsp3) is 0.133. The predicted molar refractivity (Wildman–Crippen MR) is 84.2 cm³/mol. The normalized spacial score (nSPS) is 10.2. The third-order valence-electron chi connectivity index (χ3n) is 2.88. The lowest BCUT2D eigenvalue weighted by Crippen LogP contribution is -2.14. The van der Waals surface area contributed by atoms with Crippen molar-refractivity contribution in [3.63, 3.8) is 0 Å².